The van der Waals surface area contributed by atoms with Gasteiger partial charge in [-0.3, -0.25) is 4.98 Å². The molecule has 88 valence electrons. The van der Waals surface area contributed by atoms with Crippen molar-refractivity contribution in [2.45, 2.75) is 38.1 Å². The highest BCUT2D eigenvalue weighted by Gasteiger charge is 2.23. The minimum absolute atomic E-state index is 0.180. The van der Waals surface area contributed by atoms with Gasteiger partial charge in [-0.1, -0.05) is 0 Å². The molecule has 1 atom stereocenters. The van der Waals surface area contributed by atoms with Crippen LogP contribution in [0.4, 0.5) is 8.78 Å². The fourth-order valence-corrected chi connectivity index (χ4v) is 1.34. The molecule has 1 fully saturated rings. The Bertz CT molecular complexity index is 356. The van der Waals surface area contributed by atoms with Crippen molar-refractivity contribution in [1.29, 1.82) is 0 Å². The fraction of sp³-hybridized carbons (Fsp3) is 0.545. The van der Waals surface area contributed by atoms with Crippen LogP contribution in [0.15, 0.2) is 18.3 Å². The second-order valence-electron chi connectivity index (χ2n) is 3.87. The summed E-state index contributed by atoms with van der Waals surface area (Å²) in [4.78, 5) is 4.00. The van der Waals surface area contributed by atoms with Crippen LogP contribution < -0.4 is 0 Å². The number of nitrogens with zero attached hydrogens (tertiary/aromatic N) is 1. The molecule has 0 unspecified atom stereocenters. The van der Waals surface area contributed by atoms with Gasteiger partial charge in [-0.05, 0) is 30.5 Å². The van der Waals surface area contributed by atoms with E-state index in [0.717, 1.165) is 12.8 Å². The average molecular weight is 229 g/mol. The van der Waals surface area contributed by atoms with E-state index in [0.29, 0.717) is 18.4 Å². The molecule has 1 saturated carbocycles. The molecule has 0 radical (unpaired) electrons. The van der Waals surface area contributed by atoms with Crippen LogP contribution in [0.3, 0.4) is 0 Å². The van der Waals surface area contributed by atoms with Gasteiger partial charge in [0.25, 0.3) is 6.43 Å². The summed E-state index contributed by atoms with van der Waals surface area (Å²) in [7, 11) is 0. The molecule has 1 aromatic heterocycles. The van der Waals surface area contributed by atoms with E-state index < -0.39 is 12.5 Å². The number of pyridine rings is 1. The zero-order chi connectivity index (χ0) is 11.5. The van der Waals surface area contributed by atoms with Crippen LogP contribution in [0.5, 0.6) is 0 Å². The molecule has 3 nitrogen and oxygen atoms in total. The minimum atomic E-state index is -2.78. The molecule has 0 amide bonds. The zero-order valence-corrected chi connectivity index (χ0v) is 8.64. The lowest BCUT2D eigenvalue weighted by Gasteiger charge is -2.10. The third kappa shape index (κ3) is 2.96. The van der Waals surface area contributed by atoms with Gasteiger partial charge in [0.2, 0.25) is 0 Å². The number of alkyl halides is 2. The van der Waals surface area contributed by atoms with Gasteiger partial charge >= 0.3 is 0 Å². The molecule has 1 aromatic rings. The Hall–Kier alpha value is -1.07. The molecule has 2 rings (SSSR count). The molecule has 0 saturated heterocycles. The van der Waals surface area contributed by atoms with Crippen LogP contribution in [0, 0.1) is 0 Å². The van der Waals surface area contributed by atoms with E-state index in [2.05, 4.69) is 4.98 Å². The van der Waals surface area contributed by atoms with E-state index >= 15 is 0 Å². The second-order valence-corrected chi connectivity index (χ2v) is 3.87. The lowest BCUT2D eigenvalue weighted by molar-refractivity contribution is -0.00598. The first-order valence-corrected chi connectivity index (χ1v) is 5.19. The van der Waals surface area contributed by atoms with Gasteiger partial charge in [-0.25, -0.2) is 8.78 Å². The maximum atomic E-state index is 12.3. The van der Waals surface area contributed by atoms with Gasteiger partial charge in [0.1, 0.15) is 6.10 Å². The van der Waals surface area contributed by atoms with Crippen molar-refractivity contribution >= 4 is 0 Å². The Labute approximate surface area is 92.1 Å². The molecule has 16 heavy (non-hydrogen) atoms. The Balaban J connectivity index is 1.99. The van der Waals surface area contributed by atoms with Gasteiger partial charge in [-0.15, -0.1) is 0 Å². The molecule has 1 aliphatic rings. The highest BCUT2D eigenvalue weighted by molar-refractivity contribution is 5.19. The summed E-state index contributed by atoms with van der Waals surface area (Å²) in [6.45, 7) is 0.314. The van der Waals surface area contributed by atoms with Gasteiger partial charge in [0.15, 0.2) is 0 Å². The van der Waals surface area contributed by atoms with Crippen molar-refractivity contribution in [2.24, 2.45) is 0 Å². The van der Waals surface area contributed by atoms with Crippen molar-refractivity contribution in [3.63, 3.8) is 0 Å². The molecule has 1 aliphatic carbocycles. The van der Waals surface area contributed by atoms with Crippen molar-refractivity contribution in [3.05, 3.63) is 29.6 Å². The number of halogens is 2. The summed E-state index contributed by atoms with van der Waals surface area (Å²) in [6.07, 6.45) is -0.710. The first kappa shape index (κ1) is 11.4. The Kier molecular flexibility index (Phi) is 3.46. The Morgan fingerprint density at radius 2 is 2.25 bits per heavy atom. The third-order valence-corrected chi connectivity index (χ3v) is 2.41. The van der Waals surface area contributed by atoms with Crippen molar-refractivity contribution in [1.82, 2.24) is 4.98 Å². The van der Waals surface area contributed by atoms with Crippen LogP contribution in [0.1, 0.15) is 30.2 Å². The molecule has 1 heterocycles. The molecule has 0 aromatic carbocycles. The number of hydrogen-bond donors (Lipinski definition) is 1. The highest BCUT2D eigenvalue weighted by Crippen LogP contribution is 2.25. The number of aliphatic hydroxyl groups is 1. The summed E-state index contributed by atoms with van der Waals surface area (Å²) in [6, 6.07) is 2.84. The number of aliphatic hydroxyl groups excluding tert-OH is 1. The first-order chi connectivity index (χ1) is 7.66. The van der Waals surface area contributed by atoms with E-state index in [-0.39, 0.29) is 5.56 Å². The Morgan fingerprint density at radius 3 is 2.88 bits per heavy atom. The smallest absolute Gasteiger partial charge is 0.268 e. The second kappa shape index (κ2) is 4.84. The summed E-state index contributed by atoms with van der Waals surface area (Å²) in [5.41, 5.74) is 0.753. The van der Waals surface area contributed by atoms with E-state index in [4.69, 9.17) is 4.74 Å². The number of hydrogen-bond acceptors (Lipinski definition) is 3. The molecular weight excluding hydrogens is 216 g/mol. The molecule has 0 bridgehead atoms. The van der Waals surface area contributed by atoms with Crippen molar-refractivity contribution in [3.8, 4) is 0 Å². The first-order valence-electron chi connectivity index (χ1n) is 5.19. The van der Waals surface area contributed by atoms with Crippen LogP contribution in [-0.4, -0.2) is 22.6 Å². The van der Waals surface area contributed by atoms with Crippen LogP contribution in [-0.2, 0) is 11.3 Å². The number of ether oxygens (including phenoxy) is 1. The summed E-state index contributed by atoms with van der Waals surface area (Å²) < 4.78 is 29.9. The number of aromatic nitrogens is 1. The van der Waals surface area contributed by atoms with Crippen molar-refractivity contribution < 1.29 is 18.6 Å². The highest BCUT2D eigenvalue weighted by atomic mass is 19.3. The normalized spacial score (nSPS) is 17.8. The zero-order valence-electron chi connectivity index (χ0n) is 8.64. The number of rotatable bonds is 5. The topological polar surface area (TPSA) is 42.4 Å². The monoisotopic (exact) mass is 229 g/mol. The summed E-state index contributed by atoms with van der Waals surface area (Å²) in [5, 5.41) is 9.19. The van der Waals surface area contributed by atoms with Gasteiger partial charge in [0, 0.05) is 6.20 Å². The maximum Gasteiger partial charge on any atom is 0.268 e. The van der Waals surface area contributed by atoms with Crippen molar-refractivity contribution in [2.75, 3.05) is 0 Å². The molecule has 5 heteroatoms. The van der Waals surface area contributed by atoms with E-state index in [1.54, 1.807) is 0 Å². The van der Waals surface area contributed by atoms with Gasteiger partial charge in [-0.2, -0.15) is 0 Å². The third-order valence-electron chi connectivity index (χ3n) is 2.41. The van der Waals surface area contributed by atoms with Gasteiger partial charge in [0.05, 0.1) is 18.4 Å². The lowest BCUT2D eigenvalue weighted by Crippen LogP contribution is -2.09. The maximum absolute atomic E-state index is 12.3. The molecule has 0 aliphatic heterocycles. The minimum Gasteiger partial charge on any atom is -0.382 e. The predicted octanol–water partition coefficient (Wildman–Crippen LogP) is 2.06. The van der Waals surface area contributed by atoms with E-state index in [1.807, 2.05) is 0 Å². The Morgan fingerprint density at radius 1 is 1.50 bits per heavy atom. The molecule has 1 N–H and O–H groups in total. The quantitative estimate of drug-likeness (QED) is 0.840. The fourth-order valence-electron chi connectivity index (χ4n) is 1.34. The molecule has 0 spiro atoms. The SMILES string of the molecule is O[C@@H](c1ccnc(COC2CC2)c1)C(F)F. The predicted molar refractivity (Wildman–Crippen MR) is 53.0 cm³/mol. The van der Waals surface area contributed by atoms with E-state index in [9.17, 15) is 13.9 Å². The summed E-state index contributed by atoms with van der Waals surface area (Å²) in [5.74, 6) is 0. The standard InChI is InChI=1S/C11H13F2NO2/c12-11(13)10(15)7-3-4-14-8(5-7)6-16-9-1-2-9/h3-5,9-11,15H,1-2,6H2/t10-/m0/s1. The largest absolute Gasteiger partial charge is 0.382 e. The summed E-state index contributed by atoms with van der Waals surface area (Å²) >= 11 is 0. The van der Waals surface area contributed by atoms with Crippen LogP contribution >= 0.6 is 0 Å². The van der Waals surface area contributed by atoms with Gasteiger partial charge < -0.3 is 9.84 Å². The lowest BCUT2D eigenvalue weighted by atomic mass is 10.1. The van der Waals surface area contributed by atoms with E-state index in [1.165, 1.54) is 18.3 Å². The average Bonchev–Trinajstić information content (AvgIpc) is 3.09. The van der Waals surface area contributed by atoms with Crippen LogP contribution in [0.25, 0.3) is 0 Å². The van der Waals surface area contributed by atoms with Crippen LogP contribution in [0.2, 0.25) is 0 Å². The molecular formula is C11H13F2NO2.